The van der Waals surface area contributed by atoms with Crippen molar-refractivity contribution in [2.24, 2.45) is 0 Å². The SMILES string of the molecule is CCc1c(-c2ccc(OC)c(OC)c2)[nH]c2ccc(C3CCN(C4CCN(Cc5ccc(-c6ccccc6)s5)CC4)CC3)cc12. The van der Waals surface area contributed by atoms with Gasteiger partial charge in [0.15, 0.2) is 11.5 Å². The van der Waals surface area contributed by atoms with Crippen molar-refractivity contribution in [2.45, 2.75) is 57.5 Å². The number of piperidine rings is 2. The fourth-order valence-electron chi connectivity index (χ4n) is 7.61. The number of nitrogens with one attached hydrogen (secondary N) is 1. The van der Waals surface area contributed by atoms with Gasteiger partial charge in [0.1, 0.15) is 0 Å². The monoisotopic (exact) mass is 619 g/mol. The predicted octanol–water partition coefficient (Wildman–Crippen LogP) is 8.99. The lowest BCUT2D eigenvalue weighted by Crippen LogP contribution is -2.47. The molecule has 234 valence electrons. The first-order valence-electron chi connectivity index (χ1n) is 16.6. The van der Waals surface area contributed by atoms with E-state index in [9.17, 15) is 0 Å². The highest BCUT2D eigenvalue weighted by atomic mass is 32.1. The van der Waals surface area contributed by atoms with Crippen molar-refractivity contribution in [1.82, 2.24) is 14.8 Å². The van der Waals surface area contributed by atoms with Gasteiger partial charge in [-0.1, -0.05) is 43.3 Å². The summed E-state index contributed by atoms with van der Waals surface area (Å²) in [5, 5.41) is 1.36. The molecule has 1 N–H and O–H groups in total. The van der Waals surface area contributed by atoms with E-state index in [4.69, 9.17) is 9.47 Å². The van der Waals surface area contributed by atoms with E-state index in [1.165, 1.54) is 94.9 Å². The van der Waals surface area contributed by atoms with Gasteiger partial charge in [0.05, 0.1) is 14.2 Å². The molecule has 0 spiro atoms. The van der Waals surface area contributed by atoms with Gasteiger partial charge in [-0.05, 0) is 110 Å². The minimum absolute atomic E-state index is 0.632. The molecule has 6 heteroatoms. The second-order valence-corrected chi connectivity index (χ2v) is 13.8. The third-order valence-corrected chi connectivity index (χ3v) is 11.2. The Morgan fingerprint density at radius 2 is 1.56 bits per heavy atom. The third-order valence-electron chi connectivity index (χ3n) is 10.1. The van der Waals surface area contributed by atoms with Gasteiger partial charge in [-0.2, -0.15) is 0 Å². The summed E-state index contributed by atoms with van der Waals surface area (Å²) in [7, 11) is 3.38. The Labute approximate surface area is 271 Å². The standard InChI is InChI=1S/C39H45N3O2S/c1-4-33-34-24-29(10-13-35(34)40-39(33)30-11-14-36(43-2)37(25-30)44-3)27-16-22-42(23-17-27)31-18-20-41(21-19-31)26-32-12-15-38(45-32)28-8-6-5-7-9-28/h5-15,24-25,27,31,40H,4,16-23,26H2,1-3H3. The summed E-state index contributed by atoms with van der Waals surface area (Å²) < 4.78 is 11.1. The molecule has 5 nitrogen and oxygen atoms in total. The molecule has 7 rings (SSSR count). The fourth-order valence-corrected chi connectivity index (χ4v) is 8.66. The Balaban J connectivity index is 0.959. The van der Waals surface area contributed by atoms with Gasteiger partial charge in [-0.25, -0.2) is 0 Å². The summed E-state index contributed by atoms with van der Waals surface area (Å²) in [5.74, 6) is 2.15. The highest BCUT2D eigenvalue weighted by Gasteiger charge is 2.29. The van der Waals surface area contributed by atoms with Crippen molar-refractivity contribution in [3.8, 4) is 33.2 Å². The van der Waals surface area contributed by atoms with Gasteiger partial charge in [0.2, 0.25) is 0 Å². The minimum Gasteiger partial charge on any atom is -0.493 e. The smallest absolute Gasteiger partial charge is 0.161 e. The lowest BCUT2D eigenvalue weighted by Gasteiger charge is -2.42. The molecule has 0 amide bonds. The van der Waals surface area contributed by atoms with E-state index in [2.05, 4.69) is 94.5 Å². The number of thiophene rings is 1. The molecule has 0 aliphatic carbocycles. The number of aromatic amines is 1. The van der Waals surface area contributed by atoms with E-state index < -0.39 is 0 Å². The average Bonchev–Trinajstić information content (AvgIpc) is 3.73. The molecular weight excluding hydrogens is 575 g/mol. The summed E-state index contributed by atoms with van der Waals surface area (Å²) in [5.41, 5.74) is 7.73. The average molecular weight is 620 g/mol. The summed E-state index contributed by atoms with van der Waals surface area (Å²) >= 11 is 1.95. The molecule has 4 heterocycles. The van der Waals surface area contributed by atoms with Crippen LogP contribution in [-0.4, -0.2) is 61.2 Å². The van der Waals surface area contributed by atoms with Gasteiger partial charge in [0.25, 0.3) is 0 Å². The quantitative estimate of drug-likeness (QED) is 0.179. The third kappa shape index (κ3) is 6.29. The zero-order valence-electron chi connectivity index (χ0n) is 26.9. The summed E-state index contributed by atoms with van der Waals surface area (Å²) in [6.07, 6.45) is 6.05. The number of likely N-dealkylation sites (tertiary alicyclic amines) is 2. The number of nitrogens with zero attached hydrogens (tertiary/aromatic N) is 2. The van der Waals surface area contributed by atoms with Crippen LogP contribution in [0.1, 0.15) is 54.5 Å². The Bertz CT molecular complexity index is 1730. The number of hydrogen-bond acceptors (Lipinski definition) is 5. The Kier molecular flexibility index (Phi) is 8.97. The molecule has 2 aliphatic rings. The maximum atomic E-state index is 5.60. The number of H-pyrrole nitrogens is 1. The predicted molar refractivity (Wildman–Crippen MR) is 188 cm³/mol. The van der Waals surface area contributed by atoms with Crippen LogP contribution in [0.4, 0.5) is 0 Å². The molecule has 2 aromatic heterocycles. The second kappa shape index (κ2) is 13.4. The van der Waals surface area contributed by atoms with E-state index in [1.54, 1.807) is 14.2 Å². The number of methoxy groups -OCH3 is 2. The molecule has 0 radical (unpaired) electrons. The van der Waals surface area contributed by atoms with Gasteiger partial charge in [-0.15, -0.1) is 11.3 Å². The van der Waals surface area contributed by atoms with Gasteiger partial charge < -0.3 is 19.4 Å². The highest BCUT2D eigenvalue weighted by molar-refractivity contribution is 7.15. The van der Waals surface area contributed by atoms with Crippen LogP contribution in [0.2, 0.25) is 0 Å². The molecule has 45 heavy (non-hydrogen) atoms. The molecule has 5 aromatic rings. The van der Waals surface area contributed by atoms with Crippen LogP contribution in [-0.2, 0) is 13.0 Å². The van der Waals surface area contributed by atoms with E-state index >= 15 is 0 Å². The second-order valence-electron chi connectivity index (χ2n) is 12.7. The van der Waals surface area contributed by atoms with E-state index in [-0.39, 0.29) is 0 Å². The number of hydrogen-bond donors (Lipinski definition) is 1. The first-order chi connectivity index (χ1) is 22.1. The van der Waals surface area contributed by atoms with Crippen molar-refractivity contribution < 1.29 is 9.47 Å². The van der Waals surface area contributed by atoms with Crippen molar-refractivity contribution in [1.29, 1.82) is 0 Å². The van der Waals surface area contributed by atoms with Crippen LogP contribution in [0.5, 0.6) is 11.5 Å². The largest absolute Gasteiger partial charge is 0.493 e. The molecule has 2 saturated heterocycles. The Hall–Kier alpha value is -3.58. The maximum Gasteiger partial charge on any atom is 0.161 e. The van der Waals surface area contributed by atoms with Crippen LogP contribution in [0.15, 0.2) is 78.9 Å². The summed E-state index contributed by atoms with van der Waals surface area (Å²) in [6.45, 7) is 8.17. The van der Waals surface area contributed by atoms with Crippen LogP contribution >= 0.6 is 11.3 Å². The van der Waals surface area contributed by atoms with Gasteiger partial charge >= 0.3 is 0 Å². The number of rotatable bonds is 9. The normalized spacial score (nSPS) is 17.2. The number of aromatic nitrogens is 1. The van der Waals surface area contributed by atoms with Gasteiger partial charge in [-0.3, -0.25) is 4.90 Å². The number of fused-ring (bicyclic) bond motifs is 1. The Morgan fingerprint density at radius 1 is 0.778 bits per heavy atom. The highest BCUT2D eigenvalue weighted by Crippen LogP contribution is 2.39. The van der Waals surface area contributed by atoms with Crippen molar-refractivity contribution in [3.63, 3.8) is 0 Å². The maximum absolute atomic E-state index is 5.60. The number of benzene rings is 3. The van der Waals surface area contributed by atoms with E-state index in [0.717, 1.165) is 36.1 Å². The van der Waals surface area contributed by atoms with Crippen molar-refractivity contribution in [2.75, 3.05) is 40.4 Å². The lowest BCUT2D eigenvalue weighted by atomic mass is 9.87. The summed E-state index contributed by atoms with van der Waals surface area (Å²) in [6, 6.07) is 29.4. The topological polar surface area (TPSA) is 40.7 Å². The zero-order valence-corrected chi connectivity index (χ0v) is 27.7. The number of ether oxygens (including phenoxy) is 2. The van der Waals surface area contributed by atoms with Crippen molar-refractivity contribution >= 4 is 22.2 Å². The molecular formula is C39H45N3O2S. The van der Waals surface area contributed by atoms with Crippen LogP contribution in [0.25, 0.3) is 32.6 Å². The van der Waals surface area contributed by atoms with Crippen LogP contribution < -0.4 is 9.47 Å². The minimum atomic E-state index is 0.632. The molecule has 0 saturated carbocycles. The fraction of sp³-hybridized carbons (Fsp3) is 0.385. The molecule has 0 unspecified atom stereocenters. The van der Waals surface area contributed by atoms with Crippen LogP contribution in [0.3, 0.4) is 0 Å². The van der Waals surface area contributed by atoms with E-state index in [1.807, 2.05) is 17.4 Å². The first kappa shape index (κ1) is 30.1. The van der Waals surface area contributed by atoms with E-state index in [0.29, 0.717) is 5.92 Å². The summed E-state index contributed by atoms with van der Waals surface area (Å²) in [4.78, 5) is 12.0. The zero-order chi connectivity index (χ0) is 30.8. The van der Waals surface area contributed by atoms with Crippen LogP contribution in [0, 0.1) is 0 Å². The van der Waals surface area contributed by atoms with Crippen molar-refractivity contribution in [3.05, 3.63) is 94.9 Å². The molecule has 0 atom stereocenters. The number of aryl methyl sites for hydroxylation is 1. The Morgan fingerprint density at radius 3 is 2.29 bits per heavy atom. The first-order valence-corrected chi connectivity index (χ1v) is 17.4. The molecule has 2 fully saturated rings. The molecule has 2 aliphatic heterocycles. The lowest BCUT2D eigenvalue weighted by molar-refractivity contribution is 0.0850. The molecule has 0 bridgehead atoms. The van der Waals surface area contributed by atoms with Gasteiger partial charge in [0, 0.05) is 57.6 Å². The molecule has 3 aromatic carbocycles.